The van der Waals surface area contributed by atoms with E-state index in [0.717, 1.165) is 57.5 Å². The predicted molar refractivity (Wildman–Crippen MR) is 250 cm³/mol. The highest BCUT2D eigenvalue weighted by atomic mass is 15.0. The maximum Gasteiger partial charge on any atom is 0.164 e. The smallest absolute Gasteiger partial charge is 0.164 e. The van der Waals surface area contributed by atoms with E-state index in [1.807, 2.05) is 73.0 Å². The number of aliphatic imine (C=N–C) groups is 1. The molecule has 0 N–H and O–H groups in total. The summed E-state index contributed by atoms with van der Waals surface area (Å²) in [4.78, 5) is 19.7. The Hall–Kier alpha value is -7.30. The molecule has 0 bridgehead atoms. The Labute approximate surface area is 346 Å². The molecule has 4 heteroatoms. The molecule has 1 aliphatic heterocycles. The van der Waals surface area contributed by atoms with Gasteiger partial charge in [0.1, 0.15) is 0 Å². The first kappa shape index (κ1) is 37.3. The molecule has 4 nitrogen and oxygen atoms in total. The van der Waals surface area contributed by atoms with Gasteiger partial charge >= 0.3 is 0 Å². The number of fused-ring (bicyclic) bond motifs is 1. The topological polar surface area (TPSA) is 51.0 Å². The lowest BCUT2D eigenvalue weighted by atomic mass is 9.87. The van der Waals surface area contributed by atoms with E-state index in [1.165, 1.54) is 49.7 Å². The van der Waals surface area contributed by atoms with Gasteiger partial charge in [-0.3, -0.25) is 4.99 Å². The highest BCUT2D eigenvalue weighted by molar-refractivity contribution is 6.10. The number of aromatic nitrogens is 3. The van der Waals surface area contributed by atoms with Crippen LogP contribution in [0, 0.1) is 6.92 Å². The number of benzene rings is 7. The van der Waals surface area contributed by atoms with Crippen molar-refractivity contribution in [3.8, 4) is 67.5 Å². The second kappa shape index (κ2) is 16.3. The van der Waals surface area contributed by atoms with Crippen LogP contribution in [-0.2, 0) is 0 Å². The van der Waals surface area contributed by atoms with Crippen LogP contribution in [0.1, 0.15) is 42.5 Å². The van der Waals surface area contributed by atoms with Crippen molar-refractivity contribution in [2.75, 3.05) is 6.54 Å². The van der Waals surface area contributed by atoms with Crippen LogP contribution in [-0.4, -0.2) is 27.7 Å². The van der Waals surface area contributed by atoms with Gasteiger partial charge in [0.25, 0.3) is 0 Å². The molecule has 9 rings (SSSR count). The summed E-state index contributed by atoms with van der Waals surface area (Å²) in [5, 5.41) is 2.51. The van der Waals surface area contributed by atoms with Crippen molar-refractivity contribution in [3.05, 3.63) is 193 Å². The Morgan fingerprint density at radius 2 is 1.10 bits per heavy atom. The van der Waals surface area contributed by atoms with Crippen molar-refractivity contribution in [2.45, 2.75) is 27.2 Å². The lowest BCUT2D eigenvalue weighted by Gasteiger charge is -2.17. The van der Waals surface area contributed by atoms with E-state index in [9.17, 15) is 0 Å². The number of hydrogen-bond donors (Lipinski definition) is 0. The molecular formula is C55H44N4. The molecule has 0 saturated carbocycles. The molecule has 0 atom stereocenters. The first-order chi connectivity index (χ1) is 29.0. The van der Waals surface area contributed by atoms with E-state index >= 15 is 0 Å². The Bertz CT molecular complexity index is 2880. The second-order valence-electron chi connectivity index (χ2n) is 15.0. The highest BCUT2D eigenvalue weighted by Crippen LogP contribution is 2.39. The third-order valence-electron chi connectivity index (χ3n) is 11.3. The molecule has 0 fully saturated rings. The minimum atomic E-state index is 0.620. The zero-order chi connectivity index (χ0) is 40.3. The first-order valence-electron chi connectivity index (χ1n) is 20.2. The number of rotatable bonds is 9. The molecule has 0 spiro atoms. The summed E-state index contributed by atoms with van der Waals surface area (Å²) in [6.07, 6.45) is 9.36. The molecule has 1 aliphatic rings. The van der Waals surface area contributed by atoms with Crippen LogP contribution in [0.2, 0.25) is 0 Å². The molecular weight excluding hydrogens is 717 g/mol. The number of aryl methyl sites for hydroxylation is 1. The third kappa shape index (κ3) is 7.49. The summed E-state index contributed by atoms with van der Waals surface area (Å²) in [6.45, 7) is 11.5. The minimum absolute atomic E-state index is 0.620. The van der Waals surface area contributed by atoms with Gasteiger partial charge in [0.2, 0.25) is 0 Å². The quantitative estimate of drug-likeness (QED) is 0.147. The van der Waals surface area contributed by atoms with E-state index in [4.69, 9.17) is 15.0 Å². The molecule has 59 heavy (non-hydrogen) atoms. The highest BCUT2D eigenvalue weighted by Gasteiger charge is 2.17. The van der Waals surface area contributed by atoms with Crippen molar-refractivity contribution in [3.63, 3.8) is 0 Å². The zero-order valence-electron chi connectivity index (χ0n) is 33.7. The fraction of sp³-hybridized carbons (Fsp3) is 0.0909. The molecule has 1 aromatic heterocycles. The second-order valence-corrected chi connectivity index (χ2v) is 15.0. The summed E-state index contributed by atoms with van der Waals surface area (Å²) in [6, 6.07) is 53.6. The van der Waals surface area contributed by atoms with E-state index in [2.05, 4.69) is 135 Å². The Balaban J connectivity index is 1.18. The average molecular weight is 761 g/mol. The molecule has 0 saturated heterocycles. The Morgan fingerprint density at radius 1 is 0.559 bits per heavy atom. The molecule has 0 unspecified atom stereocenters. The number of dihydropyridines is 1. The van der Waals surface area contributed by atoms with Crippen molar-refractivity contribution >= 4 is 34.2 Å². The number of hydrogen-bond acceptors (Lipinski definition) is 4. The first-order valence-corrected chi connectivity index (χ1v) is 20.2. The van der Waals surface area contributed by atoms with Gasteiger partial charge in [-0.2, -0.15) is 0 Å². The van der Waals surface area contributed by atoms with Gasteiger partial charge < -0.3 is 0 Å². The molecule has 0 radical (unpaired) electrons. The molecule has 0 aliphatic carbocycles. The van der Waals surface area contributed by atoms with Crippen LogP contribution in [0.15, 0.2) is 175 Å². The van der Waals surface area contributed by atoms with Crippen LogP contribution in [0.3, 0.4) is 0 Å². The Kier molecular flexibility index (Phi) is 10.3. The van der Waals surface area contributed by atoms with Crippen LogP contribution in [0.25, 0.3) is 95.5 Å². The summed E-state index contributed by atoms with van der Waals surface area (Å²) in [5.41, 5.74) is 16.8. The summed E-state index contributed by atoms with van der Waals surface area (Å²) in [7, 11) is 0. The minimum Gasteiger partial charge on any atom is -0.292 e. The van der Waals surface area contributed by atoms with Crippen LogP contribution in [0.5, 0.6) is 0 Å². The van der Waals surface area contributed by atoms with E-state index < -0.39 is 0 Å². The van der Waals surface area contributed by atoms with Crippen molar-refractivity contribution < 1.29 is 0 Å². The Morgan fingerprint density at radius 3 is 1.64 bits per heavy atom. The predicted octanol–water partition coefficient (Wildman–Crippen LogP) is 14.3. The molecule has 8 aromatic rings. The fourth-order valence-corrected chi connectivity index (χ4v) is 8.05. The van der Waals surface area contributed by atoms with Crippen molar-refractivity contribution in [1.29, 1.82) is 0 Å². The number of allylic oxidation sites excluding steroid dienone is 3. The van der Waals surface area contributed by atoms with Gasteiger partial charge in [-0.25, -0.2) is 15.0 Å². The van der Waals surface area contributed by atoms with Gasteiger partial charge in [-0.15, -0.1) is 0 Å². The van der Waals surface area contributed by atoms with Gasteiger partial charge in [-0.1, -0.05) is 158 Å². The van der Waals surface area contributed by atoms with Crippen LogP contribution >= 0.6 is 0 Å². The van der Waals surface area contributed by atoms with Crippen LogP contribution in [0.4, 0.5) is 0 Å². The molecule has 284 valence electrons. The summed E-state index contributed by atoms with van der Waals surface area (Å²) >= 11 is 0. The van der Waals surface area contributed by atoms with Gasteiger partial charge in [0.05, 0.1) is 0 Å². The average Bonchev–Trinajstić information content (AvgIpc) is 3.31. The van der Waals surface area contributed by atoms with Gasteiger partial charge in [0.15, 0.2) is 17.5 Å². The normalized spacial score (nSPS) is 12.7. The third-order valence-corrected chi connectivity index (χ3v) is 11.3. The van der Waals surface area contributed by atoms with Gasteiger partial charge in [-0.05, 0) is 123 Å². The lowest BCUT2D eigenvalue weighted by Crippen LogP contribution is -2.00. The summed E-state index contributed by atoms with van der Waals surface area (Å²) in [5.74, 6) is 1.89. The number of nitrogens with zero attached hydrogens (tertiary/aromatic N) is 4. The maximum atomic E-state index is 5.12. The van der Waals surface area contributed by atoms with E-state index in [-0.39, 0.29) is 0 Å². The maximum absolute atomic E-state index is 5.12. The van der Waals surface area contributed by atoms with Gasteiger partial charge in [0, 0.05) is 29.4 Å². The van der Waals surface area contributed by atoms with E-state index in [1.54, 1.807) is 0 Å². The zero-order valence-corrected chi connectivity index (χ0v) is 33.7. The lowest BCUT2D eigenvalue weighted by molar-refractivity contribution is 1.01. The molecule has 0 amide bonds. The van der Waals surface area contributed by atoms with Crippen molar-refractivity contribution in [1.82, 2.24) is 15.0 Å². The summed E-state index contributed by atoms with van der Waals surface area (Å²) < 4.78 is 0. The SMILES string of the molecule is C=Cc1ccc2c(-c3ccc(-c4cc(-c5ccc(C6=CCCN=C6)cc5)cc(-c5nc(-c6ccccc6)nc(-c6ccccc6)n5)c4)cc3)ccc(C)c2c1/C(C)=C\C. The monoisotopic (exact) mass is 760 g/mol. The largest absolute Gasteiger partial charge is 0.292 e. The van der Waals surface area contributed by atoms with Crippen molar-refractivity contribution in [2.24, 2.45) is 4.99 Å². The van der Waals surface area contributed by atoms with E-state index in [0.29, 0.717) is 17.5 Å². The fourth-order valence-electron chi connectivity index (χ4n) is 8.05. The standard InChI is InChI=1S/C55H44N4/c1-5-36(3)51-38(6-2)28-30-50-49(29-19-37(4)52(50)51)42-26-24-41(25-27-42)47-32-46(40-22-20-39(21-23-40)45-18-13-31-56-35-45)33-48(34-47)55-58-53(43-14-9-7-10-15-43)57-54(59-55)44-16-11-8-12-17-44/h5-12,14-30,32-35H,2,13,31H2,1,3-4H3/b36-5-. The van der Waals surface area contributed by atoms with Crippen LogP contribution < -0.4 is 0 Å². The molecule has 7 aromatic carbocycles. The molecule has 2 heterocycles.